The molecule has 4 rings (SSSR count). The number of halogens is 3. The van der Waals surface area contributed by atoms with E-state index in [1.807, 2.05) is 6.92 Å². The van der Waals surface area contributed by atoms with Crippen LogP contribution in [0.3, 0.4) is 0 Å². The van der Waals surface area contributed by atoms with Gasteiger partial charge in [0, 0.05) is 26.4 Å². The second kappa shape index (κ2) is 7.14. The van der Waals surface area contributed by atoms with Gasteiger partial charge in [0.1, 0.15) is 6.26 Å². The first-order valence-corrected chi connectivity index (χ1v) is 9.79. The Morgan fingerprint density at radius 2 is 2.00 bits per heavy atom. The van der Waals surface area contributed by atoms with Crippen LogP contribution in [0.4, 0.5) is 13.2 Å². The molecule has 0 N–H and O–H groups in total. The lowest BCUT2D eigenvalue weighted by Gasteiger charge is -2.47. The van der Waals surface area contributed by atoms with Crippen LogP contribution in [-0.4, -0.2) is 44.7 Å². The third-order valence-corrected chi connectivity index (χ3v) is 6.22. The first kappa shape index (κ1) is 20.4. The molecule has 30 heavy (non-hydrogen) atoms. The summed E-state index contributed by atoms with van der Waals surface area (Å²) in [5.74, 6) is 0.118. The summed E-state index contributed by atoms with van der Waals surface area (Å²) in [6.45, 7) is 4.29. The van der Waals surface area contributed by atoms with Crippen LogP contribution < -0.4 is 0 Å². The zero-order chi connectivity index (χ0) is 21.7. The number of hydrogen-bond acceptors (Lipinski definition) is 4. The summed E-state index contributed by atoms with van der Waals surface area (Å²) in [5, 5.41) is 0. The van der Waals surface area contributed by atoms with Gasteiger partial charge in [-0.25, -0.2) is 4.98 Å². The molecule has 2 atom stereocenters. The van der Waals surface area contributed by atoms with Gasteiger partial charge >= 0.3 is 6.18 Å². The van der Waals surface area contributed by atoms with Gasteiger partial charge in [-0.05, 0) is 37.5 Å². The van der Waals surface area contributed by atoms with Gasteiger partial charge < -0.3 is 14.2 Å². The molecule has 0 saturated carbocycles. The SMILES string of the molecule is Cc1nc(C(=O)N2CC[C@@]3(C)[C@@H]2CCC(=O)N3Cc2ccc(C(F)(F)F)cc2)co1. The minimum Gasteiger partial charge on any atom is -0.448 e. The first-order valence-electron chi connectivity index (χ1n) is 9.79. The molecule has 2 aliphatic heterocycles. The van der Waals surface area contributed by atoms with Crippen LogP contribution >= 0.6 is 0 Å². The molecule has 6 nitrogen and oxygen atoms in total. The predicted molar refractivity (Wildman–Crippen MR) is 100 cm³/mol. The molecule has 9 heteroatoms. The highest BCUT2D eigenvalue weighted by molar-refractivity contribution is 5.93. The van der Waals surface area contributed by atoms with Crippen LogP contribution in [0.2, 0.25) is 0 Å². The number of oxazole rings is 1. The number of carbonyl (C=O) groups excluding carboxylic acids is 2. The van der Waals surface area contributed by atoms with Crippen LogP contribution in [0.25, 0.3) is 0 Å². The third kappa shape index (κ3) is 3.46. The van der Waals surface area contributed by atoms with E-state index in [9.17, 15) is 22.8 Å². The fourth-order valence-corrected chi connectivity index (χ4v) is 4.57. The molecule has 2 amide bonds. The van der Waals surface area contributed by atoms with Gasteiger partial charge in [-0.15, -0.1) is 0 Å². The van der Waals surface area contributed by atoms with Gasteiger partial charge in [-0.1, -0.05) is 12.1 Å². The number of fused-ring (bicyclic) bond motifs is 1. The predicted octanol–water partition coefficient (Wildman–Crippen LogP) is 3.80. The third-order valence-electron chi connectivity index (χ3n) is 6.22. The smallest absolute Gasteiger partial charge is 0.416 e. The number of likely N-dealkylation sites (tertiary alicyclic amines) is 2. The highest BCUT2D eigenvalue weighted by Gasteiger charge is 2.53. The molecular weight excluding hydrogens is 399 g/mol. The van der Waals surface area contributed by atoms with E-state index in [1.54, 1.807) is 16.7 Å². The van der Waals surface area contributed by atoms with Crippen LogP contribution in [-0.2, 0) is 17.5 Å². The normalized spacial score (nSPS) is 24.3. The molecule has 1 aromatic heterocycles. The number of piperidine rings is 1. The maximum Gasteiger partial charge on any atom is 0.416 e. The number of aryl methyl sites for hydroxylation is 1. The maximum absolute atomic E-state index is 12.9. The lowest BCUT2D eigenvalue weighted by molar-refractivity contribution is -0.144. The topological polar surface area (TPSA) is 66.7 Å². The zero-order valence-corrected chi connectivity index (χ0v) is 16.7. The molecule has 2 fully saturated rings. The number of amides is 2. The number of hydrogen-bond donors (Lipinski definition) is 0. The molecule has 2 aliphatic rings. The Morgan fingerprint density at radius 3 is 2.60 bits per heavy atom. The number of benzene rings is 1. The molecular formula is C21H22F3N3O3. The Labute approximate surface area is 171 Å². The summed E-state index contributed by atoms with van der Waals surface area (Å²) >= 11 is 0. The maximum atomic E-state index is 12.9. The highest BCUT2D eigenvalue weighted by Crippen LogP contribution is 2.42. The van der Waals surface area contributed by atoms with Crippen molar-refractivity contribution in [2.45, 2.75) is 57.4 Å². The second-order valence-corrected chi connectivity index (χ2v) is 8.09. The highest BCUT2D eigenvalue weighted by atomic mass is 19.4. The minimum absolute atomic E-state index is 0.0553. The van der Waals surface area contributed by atoms with Crippen molar-refractivity contribution in [1.29, 1.82) is 0 Å². The van der Waals surface area contributed by atoms with E-state index in [2.05, 4.69) is 4.98 Å². The number of carbonyl (C=O) groups is 2. The fraction of sp³-hybridized carbons (Fsp3) is 0.476. The zero-order valence-electron chi connectivity index (χ0n) is 16.7. The molecule has 0 spiro atoms. The average molecular weight is 421 g/mol. The Kier molecular flexibility index (Phi) is 4.86. The standard InChI is InChI=1S/C21H22F3N3O3/c1-13-25-16(12-30-13)19(29)26-10-9-20(2)17(26)7-8-18(28)27(20)11-14-3-5-15(6-4-14)21(22,23)24/h3-6,12,17H,7-11H2,1-2H3/t17-,20-/m0/s1. The van der Waals surface area contributed by atoms with Gasteiger partial charge in [0.25, 0.3) is 5.91 Å². The van der Waals surface area contributed by atoms with Gasteiger partial charge in [0.15, 0.2) is 11.6 Å². The van der Waals surface area contributed by atoms with Gasteiger partial charge in [-0.2, -0.15) is 13.2 Å². The number of aromatic nitrogens is 1. The average Bonchev–Trinajstić information content (AvgIpc) is 3.27. The Bertz CT molecular complexity index is 970. The van der Waals surface area contributed by atoms with Crippen LogP contribution in [0.1, 0.15) is 53.7 Å². The number of rotatable bonds is 3. The second-order valence-electron chi connectivity index (χ2n) is 8.09. The van der Waals surface area contributed by atoms with Crippen molar-refractivity contribution in [3.05, 3.63) is 53.2 Å². The van der Waals surface area contributed by atoms with Crippen LogP contribution in [0.5, 0.6) is 0 Å². The number of alkyl halides is 3. The molecule has 0 bridgehead atoms. The summed E-state index contributed by atoms with van der Waals surface area (Å²) in [7, 11) is 0. The van der Waals surface area contributed by atoms with Gasteiger partial charge in [0.05, 0.1) is 17.1 Å². The van der Waals surface area contributed by atoms with Crippen molar-refractivity contribution in [2.24, 2.45) is 0 Å². The molecule has 0 aliphatic carbocycles. The van der Waals surface area contributed by atoms with E-state index >= 15 is 0 Å². The number of nitrogens with zero attached hydrogens (tertiary/aromatic N) is 3. The Balaban J connectivity index is 1.56. The summed E-state index contributed by atoms with van der Waals surface area (Å²) in [4.78, 5) is 33.2. The molecule has 2 saturated heterocycles. The van der Waals surface area contributed by atoms with Crippen molar-refractivity contribution in [1.82, 2.24) is 14.8 Å². The monoisotopic (exact) mass is 421 g/mol. The van der Waals surface area contributed by atoms with Crippen LogP contribution in [0, 0.1) is 6.92 Å². The van der Waals surface area contributed by atoms with Gasteiger partial charge in [-0.3, -0.25) is 9.59 Å². The quantitative estimate of drug-likeness (QED) is 0.756. The summed E-state index contributed by atoms with van der Waals surface area (Å²) in [6.07, 6.45) is -1.65. The minimum atomic E-state index is -4.40. The van der Waals surface area contributed by atoms with Gasteiger partial charge in [0.2, 0.25) is 5.91 Å². The van der Waals surface area contributed by atoms with Crippen molar-refractivity contribution in [2.75, 3.05) is 6.54 Å². The van der Waals surface area contributed by atoms with E-state index < -0.39 is 17.3 Å². The lowest BCUT2D eigenvalue weighted by Crippen LogP contribution is -2.60. The lowest BCUT2D eigenvalue weighted by atomic mass is 9.83. The van der Waals surface area contributed by atoms with E-state index in [0.29, 0.717) is 30.8 Å². The summed E-state index contributed by atoms with van der Waals surface area (Å²) < 4.78 is 43.6. The largest absolute Gasteiger partial charge is 0.448 e. The molecule has 0 unspecified atom stereocenters. The summed E-state index contributed by atoms with van der Waals surface area (Å²) in [6, 6.07) is 4.68. The first-order chi connectivity index (χ1) is 14.1. The van der Waals surface area contributed by atoms with E-state index in [-0.39, 0.29) is 36.5 Å². The van der Waals surface area contributed by atoms with Crippen LogP contribution in [0.15, 0.2) is 34.9 Å². The molecule has 0 radical (unpaired) electrons. The van der Waals surface area contributed by atoms with Crippen molar-refractivity contribution in [3.8, 4) is 0 Å². The molecule has 160 valence electrons. The van der Waals surface area contributed by atoms with Crippen molar-refractivity contribution < 1.29 is 27.2 Å². The van der Waals surface area contributed by atoms with E-state index in [0.717, 1.165) is 12.1 Å². The molecule has 3 heterocycles. The fourth-order valence-electron chi connectivity index (χ4n) is 4.57. The van der Waals surface area contributed by atoms with Crippen molar-refractivity contribution in [3.63, 3.8) is 0 Å². The van der Waals surface area contributed by atoms with E-state index in [4.69, 9.17) is 4.42 Å². The molecule has 1 aromatic carbocycles. The van der Waals surface area contributed by atoms with Crippen molar-refractivity contribution >= 4 is 11.8 Å². The van der Waals surface area contributed by atoms with E-state index in [1.165, 1.54) is 18.4 Å². The molecule has 2 aromatic rings. The Hall–Kier alpha value is -2.84. The Morgan fingerprint density at radius 1 is 1.30 bits per heavy atom. The summed E-state index contributed by atoms with van der Waals surface area (Å²) in [5.41, 5.74) is -0.453.